The number of aromatic nitrogens is 2. The molecule has 0 aliphatic carbocycles. The first-order chi connectivity index (χ1) is 15.0. The number of carbonyl (C=O) groups excluding carboxylic acids is 1. The first kappa shape index (κ1) is 20.8. The third-order valence-electron chi connectivity index (χ3n) is 5.63. The molecule has 6 nitrogen and oxygen atoms in total. The van der Waals surface area contributed by atoms with Gasteiger partial charge in [0, 0.05) is 19.2 Å². The van der Waals surface area contributed by atoms with Gasteiger partial charge in [-0.2, -0.15) is 4.68 Å². The number of anilines is 1. The summed E-state index contributed by atoms with van der Waals surface area (Å²) in [7, 11) is 0. The summed E-state index contributed by atoms with van der Waals surface area (Å²) in [5.41, 5.74) is 1.27. The summed E-state index contributed by atoms with van der Waals surface area (Å²) in [5, 5.41) is 7.59. The zero-order valence-electron chi connectivity index (χ0n) is 17.4. The Hall–Kier alpha value is -3.48. The maximum atomic E-state index is 13.2. The maximum absolute atomic E-state index is 13.2. The maximum Gasteiger partial charge on any atom is 0.271 e. The monoisotopic (exact) mass is 420 g/mol. The molecule has 31 heavy (non-hydrogen) atoms. The molecule has 2 heterocycles. The summed E-state index contributed by atoms with van der Waals surface area (Å²) in [4.78, 5) is 27.2. The standard InChI is InChI=1S/C24H25FN4O2/c1-17(18-6-3-2-4-7-18)26-24(31)19-8-5-15-28(16-19)22-13-14-23(30)29(27-22)21-11-9-20(25)10-12-21/h2-4,6-7,9-14,17,19H,5,8,15-16H2,1H3,(H,26,31)/t17-,19-/m0/s1. The van der Waals surface area contributed by atoms with Crippen LogP contribution in [0.4, 0.5) is 10.2 Å². The molecule has 0 spiro atoms. The van der Waals surface area contributed by atoms with Crippen LogP contribution in [0.25, 0.3) is 5.69 Å². The van der Waals surface area contributed by atoms with Crippen LogP contribution < -0.4 is 15.8 Å². The fourth-order valence-electron chi connectivity index (χ4n) is 3.89. The van der Waals surface area contributed by atoms with Gasteiger partial charge in [0.05, 0.1) is 17.6 Å². The van der Waals surface area contributed by atoms with Crippen LogP contribution in [0.15, 0.2) is 71.5 Å². The largest absolute Gasteiger partial charge is 0.354 e. The van der Waals surface area contributed by atoms with E-state index in [4.69, 9.17) is 0 Å². The molecule has 0 radical (unpaired) electrons. The lowest BCUT2D eigenvalue weighted by Gasteiger charge is -2.33. The Labute approximate surface area is 180 Å². The van der Waals surface area contributed by atoms with Gasteiger partial charge in [-0.25, -0.2) is 4.39 Å². The molecule has 160 valence electrons. The summed E-state index contributed by atoms with van der Waals surface area (Å²) in [6.45, 7) is 3.27. The highest BCUT2D eigenvalue weighted by molar-refractivity contribution is 5.80. The van der Waals surface area contributed by atoms with Gasteiger partial charge in [0.2, 0.25) is 5.91 Å². The summed E-state index contributed by atoms with van der Waals surface area (Å²) in [6, 6.07) is 18.6. The highest BCUT2D eigenvalue weighted by Crippen LogP contribution is 2.23. The van der Waals surface area contributed by atoms with Crippen molar-refractivity contribution in [3.63, 3.8) is 0 Å². The molecule has 0 unspecified atom stereocenters. The number of hydrogen-bond acceptors (Lipinski definition) is 4. The van der Waals surface area contributed by atoms with Crippen LogP contribution in [0.5, 0.6) is 0 Å². The van der Waals surface area contributed by atoms with Crippen LogP contribution in [0.3, 0.4) is 0 Å². The van der Waals surface area contributed by atoms with Gasteiger partial charge >= 0.3 is 0 Å². The van der Waals surface area contributed by atoms with Gasteiger partial charge in [0.15, 0.2) is 0 Å². The van der Waals surface area contributed by atoms with E-state index in [2.05, 4.69) is 10.4 Å². The first-order valence-corrected chi connectivity index (χ1v) is 10.5. The second-order valence-electron chi connectivity index (χ2n) is 7.84. The van der Waals surface area contributed by atoms with Crippen molar-refractivity contribution in [2.45, 2.75) is 25.8 Å². The van der Waals surface area contributed by atoms with Gasteiger partial charge in [-0.15, -0.1) is 5.10 Å². The third-order valence-corrected chi connectivity index (χ3v) is 5.63. The van der Waals surface area contributed by atoms with Crippen molar-refractivity contribution in [1.29, 1.82) is 0 Å². The quantitative estimate of drug-likeness (QED) is 0.686. The molecule has 1 aliphatic heterocycles. The number of halogens is 1. The van der Waals surface area contributed by atoms with E-state index in [1.54, 1.807) is 6.07 Å². The van der Waals surface area contributed by atoms with E-state index >= 15 is 0 Å². The van der Waals surface area contributed by atoms with Crippen molar-refractivity contribution in [1.82, 2.24) is 15.1 Å². The molecule has 1 N–H and O–H groups in total. The Bertz CT molecular complexity index is 1100. The predicted molar refractivity (Wildman–Crippen MR) is 118 cm³/mol. The van der Waals surface area contributed by atoms with Crippen molar-refractivity contribution in [2.75, 3.05) is 18.0 Å². The normalized spacial score (nSPS) is 17.2. The van der Waals surface area contributed by atoms with E-state index in [0.717, 1.165) is 24.9 Å². The lowest BCUT2D eigenvalue weighted by Crippen LogP contribution is -2.44. The Morgan fingerprint density at radius 1 is 1.10 bits per heavy atom. The number of amides is 1. The van der Waals surface area contributed by atoms with Crippen LogP contribution in [0.2, 0.25) is 0 Å². The summed E-state index contributed by atoms with van der Waals surface area (Å²) in [5.74, 6) is 0.112. The van der Waals surface area contributed by atoms with Crippen LogP contribution >= 0.6 is 0 Å². The van der Waals surface area contributed by atoms with Gasteiger partial charge in [0.1, 0.15) is 11.6 Å². The third kappa shape index (κ3) is 4.82. The SMILES string of the molecule is C[C@H](NC(=O)[C@H]1CCCN(c2ccc(=O)n(-c3ccc(F)cc3)n2)C1)c1ccccc1. The zero-order chi connectivity index (χ0) is 21.8. The molecule has 1 amide bonds. The molecular weight excluding hydrogens is 395 g/mol. The highest BCUT2D eigenvalue weighted by Gasteiger charge is 2.27. The molecule has 1 saturated heterocycles. The fourth-order valence-corrected chi connectivity index (χ4v) is 3.89. The summed E-state index contributed by atoms with van der Waals surface area (Å²) < 4.78 is 14.5. The van der Waals surface area contributed by atoms with Crippen molar-refractivity contribution >= 4 is 11.7 Å². The molecule has 1 aliphatic rings. The minimum atomic E-state index is -0.373. The van der Waals surface area contributed by atoms with Crippen molar-refractivity contribution in [2.24, 2.45) is 5.92 Å². The molecule has 4 rings (SSSR count). The summed E-state index contributed by atoms with van der Waals surface area (Å²) in [6.07, 6.45) is 1.66. The first-order valence-electron chi connectivity index (χ1n) is 10.5. The number of nitrogens with one attached hydrogen (secondary N) is 1. The molecule has 0 saturated carbocycles. The van der Waals surface area contributed by atoms with Gasteiger partial charge in [-0.3, -0.25) is 9.59 Å². The van der Waals surface area contributed by atoms with Gasteiger partial charge in [-0.05, 0) is 55.7 Å². The topological polar surface area (TPSA) is 67.2 Å². The number of nitrogens with zero attached hydrogens (tertiary/aromatic N) is 3. The second-order valence-corrected chi connectivity index (χ2v) is 7.84. The molecule has 0 bridgehead atoms. The van der Waals surface area contributed by atoms with E-state index in [1.807, 2.05) is 42.2 Å². The molecule has 3 aromatic rings. The minimum Gasteiger partial charge on any atom is -0.354 e. The Morgan fingerprint density at radius 2 is 1.84 bits per heavy atom. The van der Waals surface area contributed by atoms with Crippen molar-refractivity contribution in [3.05, 3.63) is 88.5 Å². The van der Waals surface area contributed by atoms with Crippen molar-refractivity contribution < 1.29 is 9.18 Å². The molecule has 2 atom stereocenters. The van der Waals surface area contributed by atoms with Crippen LogP contribution in [-0.2, 0) is 4.79 Å². The van der Waals surface area contributed by atoms with Crippen LogP contribution in [0.1, 0.15) is 31.4 Å². The van der Waals surface area contributed by atoms with E-state index in [0.29, 0.717) is 18.1 Å². The second kappa shape index (κ2) is 9.12. The van der Waals surface area contributed by atoms with E-state index in [1.165, 1.54) is 35.0 Å². The molecule has 1 aromatic heterocycles. The van der Waals surface area contributed by atoms with Crippen LogP contribution in [-0.4, -0.2) is 28.8 Å². The predicted octanol–water partition coefficient (Wildman–Crippen LogP) is 3.47. The number of carbonyl (C=O) groups is 1. The summed E-state index contributed by atoms with van der Waals surface area (Å²) >= 11 is 0. The van der Waals surface area contributed by atoms with Crippen LogP contribution in [0, 0.1) is 11.7 Å². The Balaban J connectivity index is 1.48. The number of hydrogen-bond donors (Lipinski definition) is 1. The lowest BCUT2D eigenvalue weighted by molar-refractivity contribution is -0.125. The fraction of sp³-hybridized carbons (Fsp3) is 0.292. The molecule has 7 heteroatoms. The van der Waals surface area contributed by atoms with Gasteiger partial charge in [-0.1, -0.05) is 30.3 Å². The minimum absolute atomic E-state index is 0.0212. The Kier molecular flexibility index (Phi) is 6.11. The number of piperidine rings is 1. The zero-order valence-corrected chi connectivity index (χ0v) is 17.4. The van der Waals surface area contributed by atoms with E-state index in [-0.39, 0.29) is 29.2 Å². The highest BCUT2D eigenvalue weighted by atomic mass is 19.1. The lowest BCUT2D eigenvalue weighted by atomic mass is 9.96. The molecule has 2 aromatic carbocycles. The Morgan fingerprint density at radius 3 is 2.58 bits per heavy atom. The van der Waals surface area contributed by atoms with E-state index in [9.17, 15) is 14.0 Å². The smallest absolute Gasteiger partial charge is 0.271 e. The van der Waals surface area contributed by atoms with Gasteiger partial charge < -0.3 is 10.2 Å². The van der Waals surface area contributed by atoms with Gasteiger partial charge in [0.25, 0.3) is 5.56 Å². The number of rotatable bonds is 5. The molecule has 1 fully saturated rings. The molecular formula is C24H25FN4O2. The van der Waals surface area contributed by atoms with Crippen molar-refractivity contribution in [3.8, 4) is 5.69 Å². The average Bonchev–Trinajstić information content (AvgIpc) is 2.80. The average molecular weight is 420 g/mol. The van der Waals surface area contributed by atoms with E-state index < -0.39 is 0 Å². The number of benzene rings is 2.